The topological polar surface area (TPSA) is 80.1 Å². The number of methoxy groups -OCH3 is 2. The molecule has 2 aromatic carbocycles. The zero-order valence-corrected chi connectivity index (χ0v) is 14.7. The molecular formula is C19H16F2N4O2. The minimum Gasteiger partial charge on any atom is -0.493 e. The van der Waals surface area contributed by atoms with Crippen LogP contribution in [-0.4, -0.2) is 19.2 Å². The summed E-state index contributed by atoms with van der Waals surface area (Å²) < 4.78 is 37.9. The average molecular weight is 370 g/mol. The van der Waals surface area contributed by atoms with Crippen LogP contribution in [0.2, 0.25) is 0 Å². The Kier molecular flexibility index (Phi) is 5.38. The van der Waals surface area contributed by atoms with E-state index in [0.29, 0.717) is 33.7 Å². The van der Waals surface area contributed by atoms with Crippen LogP contribution in [-0.2, 0) is 13.0 Å². The van der Waals surface area contributed by atoms with Crippen molar-refractivity contribution in [3.05, 3.63) is 75.4 Å². The Morgan fingerprint density at radius 1 is 1.04 bits per heavy atom. The van der Waals surface area contributed by atoms with Crippen LogP contribution in [0, 0.1) is 11.6 Å². The maximum atomic E-state index is 14.1. The first-order chi connectivity index (χ1) is 13.1. The Morgan fingerprint density at radius 3 is 2.37 bits per heavy atom. The summed E-state index contributed by atoms with van der Waals surface area (Å²) >= 11 is 0. The van der Waals surface area contributed by atoms with Crippen LogP contribution in [0.25, 0.3) is 21.2 Å². The Labute approximate surface area is 154 Å². The second kappa shape index (κ2) is 7.88. The first kappa shape index (κ1) is 18.4. The van der Waals surface area contributed by atoms with Gasteiger partial charge in [-0.25, -0.2) is 8.78 Å². The highest BCUT2D eigenvalue weighted by atomic mass is 19.1. The molecule has 0 radical (unpaired) electrons. The van der Waals surface area contributed by atoms with E-state index in [2.05, 4.69) is 15.0 Å². The largest absolute Gasteiger partial charge is 0.493 e. The first-order valence-electron chi connectivity index (χ1n) is 8.04. The van der Waals surface area contributed by atoms with Gasteiger partial charge in [-0.3, -0.25) is 4.98 Å². The predicted molar refractivity (Wildman–Crippen MR) is 96.9 cm³/mol. The number of hydrogen-bond donors (Lipinski definition) is 0. The van der Waals surface area contributed by atoms with Crippen LogP contribution in [0.4, 0.5) is 8.78 Å². The zero-order chi connectivity index (χ0) is 19.4. The van der Waals surface area contributed by atoms with Gasteiger partial charge in [-0.15, -0.1) is 0 Å². The maximum Gasteiger partial charge on any atom is 0.161 e. The van der Waals surface area contributed by atoms with Crippen LogP contribution >= 0.6 is 0 Å². The molecule has 0 atom stereocenters. The molecule has 1 aromatic heterocycles. The molecule has 0 aliphatic heterocycles. The standard InChI is InChI=1S/C19H16F2N4O2/c1-26-18-7-14-12(10-24-25-22)9-23-17(15(14)8-19(18)27-2)5-11-3-4-13(20)6-16(11)21/h3-4,6-9H,5,10H2,1-2H3. The van der Waals surface area contributed by atoms with Gasteiger partial charge in [0.15, 0.2) is 11.5 Å². The van der Waals surface area contributed by atoms with Gasteiger partial charge in [0.1, 0.15) is 11.6 Å². The number of aromatic nitrogens is 1. The van der Waals surface area contributed by atoms with Crippen LogP contribution in [0.5, 0.6) is 11.5 Å². The van der Waals surface area contributed by atoms with E-state index < -0.39 is 11.6 Å². The Bertz CT molecular complexity index is 1050. The average Bonchev–Trinajstić information content (AvgIpc) is 2.68. The van der Waals surface area contributed by atoms with Gasteiger partial charge in [0.2, 0.25) is 0 Å². The summed E-state index contributed by atoms with van der Waals surface area (Å²) in [6.45, 7) is 0.112. The molecular weight excluding hydrogens is 354 g/mol. The van der Waals surface area contributed by atoms with E-state index in [1.54, 1.807) is 18.3 Å². The summed E-state index contributed by atoms with van der Waals surface area (Å²) in [5.41, 5.74) is 10.2. The highest BCUT2D eigenvalue weighted by Gasteiger charge is 2.15. The van der Waals surface area contributed by atoms with Gasteiger partial charge < -0.3 is 9.47 Å². The quantitative estimate of drug-likeness (QED) is 0.350. The molecule has 138 valence electrons. The highest BCUT2D eigenvalue weighted by Crippen LogP contribution is 2.35. The number of pyridine rings is 1. The number of ether oxygens (including phenoxy) is 2. The summed E-state index contributed by atoms with van der Waals surface area (Å²) in [4.78, 5) is 7.19. The smallest absolute Gasteiger partial charge is 0.161 e. The van der Waals surface area contributed by atoms with E-state index >= 15 is 0 Å². The molecule has 0 amide bonds. The van der Waals surface area contributed by atoms with Gasteiger partial charge in [-0.2, -0.15) is 0 Å². The van der Waals surface area contributed by atoms with Crippen molar-refractivity contribution < 1.29 is 18.3 Å². The molecule has 8 heteroatoms. The van der Waals surface area contributed by atoms with Crippen LogP contribution in [0.1, 0.15) is 16.8 Å². The third kappa shape index (κ3) is 3.75. The van der Waals surface area contributed by atoms with Gasteiger partial charge in [-0.05, 0) is 40.2 Å². The molecule has 0 aliphatic rings. The lowest BCUT2D eigenvalue weighted by Gasteiger charge is -2.14. The van der Waals surface area contributed by atoms with E-state index in [-0.39, 0.29) is 13.0 Å². The van der Waals surface area contributed by atoms with Gasteiger partial charge in [0.05, 0.1) is 26.5 Å². The lowest BCUT2D eigenvalue weighted by atomic mass is 9.99. The van der Waals surface area contributed by atoms with E-state index in [0.717, 1.165) is 11.5 Å². The monoisotopic (exact) mass is 370 g/mol. The number of halogens is 2. The summed E-state index contributed by atoms with van der Waals surface area (Å²) in [7, 11) is 3.03. The van der Waals surface area contributed by atoms with Crippen molar-refractivity contribution in [3.8, 4) is 11.5 Å². The fraction of sp³-hybridized carbons (Fsp3) is 0.211. The molecule has 0 spiro atoms. The van der Waals surface area contributed by atoms with Crippen molar-refractivity contribution in [2.75, 3.05) is 14.2 Å². The molecule has 0 saturated carbocycles. The van der Waals surface area contributed by atoms with Gasteiger partial charge >= 0.3 is 0 Å². The second-order valence-electron chi connectivity index (χ2n) is 5.78. The van der Waals surface area contributed by atoms with Crippen molar-refractivity contribution in [1.82, 2.24) is 4.98 Å². The molecule has 0 aliphatic carbocycles. The Hall–Kier alpha value is -3.38. The summed E-state index contributed by atoms with van der Waals surface area (Å²) in [6.07, 6.45) is 1.75. The molecule has 0 N–H and O–H groups in total. The lowest BCUT2D eigenvalue weighted by molar-refractivity contribution is 0.356. The summed E-state index contributed by atoms with van der Waals surface area (Å²) in [5.74, 6) is -0.264. The van der Waals surface area contributed by atoms with Gasteiger partial charge in [0.25, 0.3) is 0 Å². The number of nitrogens with zero attached hydrogens (tertiary/aromatic N) is 4. The van der Waals surface area contributed by atoms with E-state index in [4.69, 9.17) is 15.0 Å². The predicted octanol–water partition coefficient (Wildman–Crippen LogP) is 4.93. The third-order valence-corrected chi connectivity index (χ3v) is 4.23. The minimum atomic E-state index is -0.636. The fourth-order valence-corrected chi connectivity index (χ4v) is 2.90. The molecule has 6 nitrogen and oxygen atoms in total. The first-order valence-corrected chi connectivity index (χ1v) is 8.04. The number of fused-ring (bicyclic) bond motifs is 1. The molecule has 3 aromatic rings. The van der Waals surface area contributed by atoms with Crippen molar-refractivity contribution in [2.45, 2.75) is 13.0 Å². The Balaban J connectivity index is 2.18. The maximum absolute atomic E-state index is 14.1. The van der Waals surface area contributed by atoms with E-state index in [1.165, 1.54) is 26.4 Å². The molecule has 3 rings (SSSR count). The fourth-order valence-electron chi connectivity index (χ4n) is 2.90. The van der Waals surface area contributed by atoms with Crippen molar-refractivity contribution in [2.24, 2.45) is 5.11 Å². The van der Waals surface area contributed by atoms with Crippen molar-refractivity contribution in [1.29, 1.82) is 0 Å². The van der Waals surface area contributed by atoms with Crippen LogP contribution in [0.15, 0.2) is 41.6 Å². The van der Waals surface area contributed by atoms with Crippen LogP contribution < -0.4 is 9.47 Å². The second-order valence-corrected chi connectivity index (χ2v) is 5.78. The molecule has 0 bridgehead atoms. The van der Waals surface area contributed by atoms with Crippen LogP contribution in [0.3, 0.4) is 0 Å². The number of rotatable bonds is 6. The molecule has 27 heavy (non-hydrogen) atoms. The molecule has 0 unspecified atom stereocenters. The van der Waals surface area contributed by atoms with Gasteiger partial charge in [0, 0.05) is 29.0 Å². The number of azide groups is 1. The number of hydrogen-bond acceptors (Lipinski definition) is 4. The highest BCUT2D eigenvalue weighted by molar-refractivity contribution is 5.90. The van der Waals surface area contributed by atoms with E-state index in [1.807, 2.05) is 0 Å². The third-order valence-electron chi connectivity index (χ3n) is 4.23. The molecule has 0 fully saturated rings. The zero-order valence-electron chi connectivity index (χ0n) is 14.7. The molecule has 1 heterocycles. The van der Waals surface area contributed by atoms with Crippen molar-refractivity contribution >= 4 is 10.8 Å². The van der Waals surface area contributed by atoms with E-state index in [9.17, 15) is 8.78 Å². The minimum absolute atomic E-state index is 0.112. The summed E-state index contributed by atoms with van der Waals surface area (Å²) in [6, 6.07) is 6.96. The summed E-state index contributed by atoms with van der Waals surface area (Å²) in [5, 5.41) is 5.06. The SMILES string of the molecule is COc1cc2c(CN=[N+]=[N-])cnc(Cc3ccc(F)cc3F)c2cc1OC. The van der Waals surface area contributed by atoms with Crippen molar-refractivity contribution in [3.63, 3.8) is 0 Å². The molecule has 0 saturated heterocycles. The Morgan fingerprint density at radius 2 is 1.74 bits per heavy atom. The normalized spacial score (nSPS) is 10.5. The number of benzene rings is 2. The van der Waals surface area contributed by atoms with Gasteiger partial charge in [-0.1, -0.05) is 11.2 Å². The lowest BCUT2D eigenvalue weighted by Crippen LogP contribution is -2.01.